The van der Waals surface area contributed by atoms with E-state index in [1.54, 1.807) is 11.8 Å². The summed E-state index contributed by atoms with van der Waals surface area (Å²) in [6.45, 7) is 1.19. The van der Waals surface area contributed by atoms with E-state index in [4.69, 9.17) is 4.74 Å². The van der Waals surface area contributed by atoms with E-state index in [1.165, 1.54) is 12.1 Å². The Hall–Kier alpha value is -1.46. The summed E-state index contributed by atoms with van der Waals surface area (Å²) in [4.78, 5) is 1.65. The number of ether oxygens (including phenoxy) is 1. The second kappa shape index (κ2) is 6.36. The second-order valence-corrected chi connectivity index (χ2v) is 6.64. The van der Waals surface area contributed by atoms with Gasteiger partial charge in [-0.3, -0.25) is 4.90 Å². The van der Waals surface area contributed by atoms with Crippen molar-refractivity contribution in [2.45, 2.75) is 49.7 Å². The molecule has 0 amide bonds. The molecule has 0 aliphatic carbocycles. The van der Waals surface area contributed by atoms with Crippen LogP contribution in [0.2, 0.25) is 0 Å². The highest BCUT2D eigenvalue weighted by atomic mass is 16.7. The Bertz CT molecular complexity index is 655. The van der Waals surface area contributed by atoms with Crippen LogP contribution in [0, 0.1) is 0 Å². The number of aliphatic hydroxyl groups is 5. The molecule has 1 aromatic rings. The molecule has 2 aliphatic rings. The number of hydrogen-bond donors (Lipinski definition) is 7. The number of hydrogen-bond acceptors (Lipinski definition) is 9. The van der Waals surface area contributed by atoms with Gasteiger partial charge in [0.25, 0.3) is 0 Å². The topological polar surface area (TPSA) is 154 Å². The summed E-state index contributed by atoms with van der Waals surface area (Å²) in [5, 5.41) is 69.1. The molecule has 1 unspecified atom stereocenters. The average molecular weight is 357 g/mol. The molecule has 7 N–H and O–H groups in total. The van der Waals surface area contributed by atoms with E-state index in [0.717, 1.165) is 5.56 Å². The molecule has 0 aromatic heterocycles. The minimum Gasteiger partial charge on any atom is -0.504 e. The molecule has 0 spiro atoms. The van der Waals surface area contributed by atoms with Gasteiger partial charge < -0.3 is 40.5 Å². The van der Waals surface area contributed by atoms with Crippen LogP contribution in [0.3, 0.4) is 0 Å². The molecule has 1 fully saturated rings. The predicted octanol–water partition coefficient (Wildman–Crippen LogP) is -1.86. The quantitative estimate of drug-likeness (QED) is 0.302. The number of fused-ring (bicyclic) bond motifs is 1. The Morgan fingerprint density at radius 2 is 1.80 bits per heavy atom. The molecule has 0 radical (unpaired) electrons. The van der Waals surface area contributed by atoms with Gasteiger partial charge in [-0.2, -0.15) is 0 Å². The van der Waals surface area contributed by atoms with Crippen LogP contribution < -0.4 is 0 Å². The number of aliphatic hydroxyl groups excluding tert-OH is 4. The third-order valence-corrected chi connectivity index (χ3v) is 5.13. The minimum absolute atomic E-state index is 0.221. The van der Waals surface area contributed by atoms with Crippen LogP contribution in [0.4, 0.5) is 0 Å². The zero-order valence-electron chi connectivity index (χ0n) is 13.6. The molecule has 9 heteroatoms. The molecular weight excluding hydrogens is 334 g/mol. The summed E-state index contributed by atoms with van der Waals surface area (Å²) < 4.78 is 5.36. The molecule has 9 nitrogen and oxygen atoms in total. The Balaban J connectivity index is 1.92. The van der Waals surface area contributed by atoms with E-state index in [-0.39, 0.29) is 17.5 Å². The van der Waals surface area contributed by atoms with Gasteiger partial charge in [-0.15, -0.1) is 0 Å². The highest BCUT2D eigenvalue weighted by Gasteiger charge is 2.54. The summed E-state index contributed by atoms with van der Waals surface area (Å²) in [6, 6.07) is 2.50. The smallest absolute Gasteiger partial charge is 0.220 e. The summed E-state index contributed by atoms with van der Waals surface area (Å²) in [5.74, 6) is -2.90. The second-order valence-electron chi connectivity index (χ2n) is 6.64. The molecule has 1 aromatic carbocycles. The molecule has 6 atom stereocenters. The number of phenols is 2. The minimum atomic E-state index is -2.40. The largest absolute Gasteiger partial charge is 0.504 e. The van der Waals surface area contributed by atoms with Crippen molar-refractivity contribution in [2.24, 2.45) is 0 Å². The molecule has 0 bridgehead atoms. The van der Waals surface area contributed by atoms with Gasteiger partial charge in [-0.1, -0.05) is 0 Å². The first-order chi connectivity index (χ1) is 11.7. The SMILES string of the molecule is C[C@H]1c2cc(O)c(O)cc2CCN1C1O[C@](O)(CO)[C@@H](O)[C@H](O)[C@@H]1O. The lowest BCUT2D eigenvalue weighted by atomic mass is 9.89. The van der Waals surface area contributed by atoms with Crippen molar-refractivity contribution in [1.82, 2.24) is 4.90 Å². The van der Waals surface area contributed by atoms with Gasteiger partial charge in [-0.05, 0) is 36.6 Å². The Morgan fingerprint density at radius 1 is 1.16 bits per heavy atom. The number of nitrogens with zero attached hydrogens (tertiary/aromatic N) is 1. The van der Waals surface area contributed by atoms with E-state index in [0.29, 0.717) is 18.5 Å². The first kappa shape index (κ1) is 18.3. The van der Waals surface area contributed by atoms with Crippen LogP contribution in [0.15, 0.2) is 12.1 Å². The standard InChI is InChI=1S/C16H23NO8/c1-7-9-5-11(20)10(19)4-8(9)2-3-17(7)15-13(22)12(21)14(23)16(24,6-18)25-15/h4-5,7,12-15,18-24H,2-3,6H2,1H3/t7-,12+,13-,14-,15?,16+/m0/s1. The van der Waals surface area contributed by atoms with E-state index in [1.807, 2.05) is 0 Å². The van der Waals surface area contributed by atoms with Crippen molar-refractivity contribution in [2.75, 3.05) is 13.2 Å². The maximum absolute atomic E-state index is 10.3. The first-order valence-electron chi connectivity index (χ1n) is 8.05. The lowest BCUT2D eigenvalue weighted by Gasteiger charge is -2.50. The van der Waals surface area contributed by atoms with Crippen molar-refractivity contribution in [3.8, 4) is 11.5 Å². The summed E-state index contributed by atoms with van der Waals surface area (Å²) >= 11 is 0. The molecule has 2 aliphatic heterocycles. The molecule has 140 valence electrons. The monoisotopic (exact) mass is 357 g/mol. The number of phenolic OH excluding ortho intramolecular Hbond substituents is 2. The van der Waals surface area contributed by atoms with Crippen LogP contribution >= 0.6 is 0 Å². The van der Waals surface area contributed by atoms with Crippen molar-refractivity contribution < 1.29 is 40.5 Å². The van der Waals surface area contributed by atoms with Crippen LogP contribution in [0.5, 0.6) is 11.5 Å². The Morgan fingerprint density at radius 3 is 2.44 bits per heavy atom. The highest BCUT2D eigenvalue weighted by molar-refractivity contribution is 5.47. The van der Waals surface area contributed by atoms with Crippen LogP contribution in [0.25, 0.3) is 0 Å². The fraction of sp³-hybridized carbons (Fsp3) is 0.625. The van der Waals surface area contributed by atoms with E-state index < -0.39 is 36.9 Å². The number of rotatable bonds is 2. The van der Waals surface area contributed by atoms with Gasteiger partial charge in [0.2, 0.25) is 5.79 Å². The predicted molar refractivity (Wildman–Crippen MR) is 83.5 cm³/mol. The lowest BCUT2D eigenvalue weighted by Crippen LogP contribution is -2.69. The molecular formula is C16H23NO8. The third-order valence-electron chi connectivity index (χ3n) is 5.13. The van der Waals surface area contributed by atoms with Gasteiger partial charge >= 0.3 is 0 Å². The average Bonchev–Trinajstić information content (AvgIpc) is 2.59. The van der Waals surface area contributed by atoms with Crippen LogP contribution in [0.1, 0.15) is 24.1 Å². The van der Waals surface area contributed by atoms with Crippen molar-refractivity contribution >= 4 is 0 Å². The number of aromatic hydroxyl groups is 2. The highest BCUT2D eigenvalue weighted by Crippen LogP contribution is 2.40. The molecule has 0 saturated carbocycles. The van der Waals surface area contributed by atoms with Gasteiger partial charge in [-0.25, -0.2) is 0 Å². The van der Waals surface area contributed by atoms with Crippen LogP contribution in [-0.4, -0.2) is 84.1 Å². The fourth-order valence-corrected chi connectivity index (χ4v) is 3.58. The zero-order valence-corrected chi connectivity index (χ0v) is 13.6. The normalized spacial score (nSPS) is 39.2. The maximum Gasteiger partial charge on any atom is 0.220 e. The molecule has 1 saturated heterocycles. The fourth-order valence-electron chi connectivity index (χ4n) is 3.58. The van der Waals surface area contributed by atoms with Gasteiger partial charge in [0.15, 0.2) is 11.5 Å². The van der Waals surface area contributed by atoms with Gasteiger partial charge in [0.05, 0.1) is 6.61 Å². The molecule has 3 rings (SSSR count). The number of benzene rings is 1. The summed E-state index contributed by atoms with van der Waals surface area (Å²) in [6.07, 6.45) is -5.81. The first-order valence-corrected chi connectivity index (χ1v) is 8.05. The summed E-state index contributed by atoms with van der Waals surface area (Å²) in [7, 11) is 0. The van der Waals surface area contributed by atoms with Crippen molar-refractivity contribution in [1.29, 1.82) is 0 Å². The van der Waals surface area contributed by atoms with E-state index in [9.17, 15) is 35.7 Å². The van der Waals surface area contributed by atoms with Crippen LogP contribution in [-0.2, 0) is 11.2 Å². The van der Waals surface area contributed by atoms with Crippen molar-refractivity contribution in [3.05, 3.63) is 23.3 Å². The summed E-state index contributed by atoms with van der Waals surface area (Å²) in [5.41, 5.74) is 1.52. The third kappa shape index (κ3) is 2.87. The Labute approximate surface area is 144 Å². The molecule has 25 heavy (non-hydrogen) atoms. The maximum atomic E-state index is 10.3. The van der Waals surface area contributed by atoms with E-state index in [2.05, 4.69) is 0 Å². The van der Waals surface area contributed by atoms with Gasteiger partial charge in [0, 0.05) is 12.6 Å². The Kier molecular flexibility index (Phi) is 4.67. The van der Waals surface area contributed by atoms with Gasteiger partial charge in [0.1, 0.15) is 24.5 Å². The van der Waals surface area contributed by atoms with E-state index >= 15 is 0 Å². The van der Waals surface area contributed by atoms with Crippen molar-refractivity contribution in [3.63, 3.8) is 0 Å². The lowest BCUT2D eigenvalue weighted by molar-refractivity contribution is -0.378. The zero-order chi connectivity index (χ0) is 18.5. The molecule has 2 heterocycles.